The molecule has 0 N–H and O–H groups in total. The molecule has 7 aromatic carbocycles. The Morgan fingerprint density at radius 2 is 0.824 bits per heavy atom. The van der Waals surface area contributed by atoms with Crippen molar-refractivity contribution < 1.29 is 0 Å². The highest BCUT2D eigenvalue weighted by Gasteiger charge is 2.46. The van der Waals surface area contributed by atoms with Crippen molar-refractivity contribution >= 4 is 57.2 Å². The van der Waals surface area contributed by atoms with Crippen molar-refractivity contribution in [3.05, 3.63) is 198 Å². The van der Waals surface area contributed by atoms with Crippen LogP contribution in [0.5, 0.6) is 0 Å². The van der Waals surface area contributed by atoms with Crippen molar-refractivity contribution in [1.82, 2.24) is 0 Å². The van der Waals surface area contributed by atoms with Gasteiger partial charge in [0.2, 0.25) is 0 Å². The standard InChI is InChI=1S/C48H41BN2/c1-47(2,34-20-9-5-10-21-34)36-32-43-46-44(33-36)51(38-26-15-8-16-27-38)42-31-19-28-39(48(3,4)35-22-11-6-12-23-35)45(42)49(46)40-29-17-18-30-41(40)50(43)37-24-13-7-14-25-37/h5-33H,1-4H3. The molecule has 2 aliphatic rings. The van der Waals surface area contributed by atoms with Gasteiger partial charge in [0, 0.05) is 45.0 Å². The smallest absolute Gasteiger partial charge is 0.252 e. The highest BCUT2D eigenvalue weighted by atomic mass is 15.2. The lowest BCUT2D eigenvalue weighted by atomic mass is 9.32. The van der Waals surface area contributed by atoms with E-state index in [0.717, 1.165) is 11.4 Å². The first-order valence-electron chi connectivity index (χ1n) is 18.1. The van der Waals surface area contributed by atoms with Gasteiger partial charge >= 0.3 is 0 Å². The van der Waals surface area contributed by atoms with Crippen LogP contribution >= 0.6 is 0 Å². The molecule has 0 spiro atoms. The fourth-order valence-electron chi connectivity index (χ4n) is 8.64. The van der Waals surface area contributed by atoms with Crippen LogP contribution in [0.4, 0.5) is 34.1 Å². The van der Waals surface area contributed by atoms with Crippen molar-refractivity contribution in [2.45, 2.75) is 38.5 Å². The normalized spacial score (nSPS) is 13.4. The van der Waals surface area contributed by atoms with E-state index in [-0.39, 0.29) is 17.5 Å². The van der Waals surface area contributed by atoms with E-state index in [0.29, 0.717) is 0 Å². The van der Waals surface area contributed by atoms with Crippen molar-refractivity contribution in [2.75, 3.05) is 9.80 Å². The van der Waals surface area contributed by atoms with Crippen LogP contribution in [0.15, 0.2) is 176 Å². The summed E-state index contributed by atoms with van der Waals surface area (Å²) in [5, 5.41) is 0. The lowest BCUT2D eigenvalue weighted by Gasteiger charge is -2.46. The monoisotopic (exact) mass is 656 g/mol. The van der Waals surface area contributed by atoms with Gasteiger partial charge in [-0.15, -0.1) is 0 Å². The molecule has 0 unspecified atom stereocenters. The van der Waals surface area contributed by atoms with Gasteiger partial charge in [-0.05, 0) is 87.2 Å². The third-order valence-corrected chi connectivity index (χ3v) is 11.4. The Labute approximate surface area is 302 Å². The summed E-state index contributed by atoms with van der Waals surface area (Å²) in [4.78, 5) is 5.05. The number of hydrogen-bond donors (Lipinski definition) is 0. The van der Waals surface area contributed by atoms with Gasteiger partial charge in [-0.25, -0.2) is 0 Å². The van der Waals surface area contributed by atoms with Gasteiger partial charge < -0.3 is 9.80 Å². The third kappa shape index (κ3) is 4.87. The summed E-state index contributed by atoms with van der Waals surface area (Å²) in [6.07, 6.45) is 0. The fourth-order valence-corrected chi connectivity index (χ4v) is 8.64. The molecule has 2 aliphatic heterocycles. The third-order valence-electron chi connectivity index (χ3n) is 11.4. The molecule has 0 aliphatic carbocycles. The Bertz CT molecular complexity index is 2350. The second kappa shape index (κ2) is 11.9. The highest BCUT2D eigenvalue weighted by molar-refractivity contribution is 7.00. The van der Waals surface area contributed by atoms with E-state index in [2.05, 4.69) is 213 Å². The summed E-state index contributed by atoms with van der Waals surface area (Å²) in [5.74, 6) is 0. The molecule has 0 saturated heterocycles. The van der Waals surface area contributed by atoms with Crippen LogP contribution < -0.4 is 26.2 Å². The van der Waals surface area contributed by atoms with Crippen molar-refractivity contribution in [2.24, 2.45) is 0 Å². The van der Waals surface area contributed by atoms with Crippen LogP contribution in [-0.2, 0) is 10.8 Å². The van der Waals surface area contributed by atoms with Crippen molar-refractivity contribution in [3.8, 4) is 0 Å². The van der Waals surface area contributed by atoms with Crippen LogP contribution in [0.3, 0.4) is 0 Å². The molecule has 0 saturated carbocycles. The van der Waals surface area contributed by atoms with E-state index in [1.165, 1.54) is 61.4 Å². The first kappa shape index (κ1) is 31.2. The average Bonchev–Trinajstić information content (AvgIpc) is 3.18. The Morgan fingerprint density at radius 1 is 0.373 bits per heavy atom. The van der Waals surface area contributed by atoms with Gasteiger partial charge in [-0.3, -0.25) is 0 Å². The molecule has 9 rings (SSSR count). The average molecular weight is 657 g/mol. The number of hydrogen-bond acceptors (Lipinski definition) is 2. The number of para-hydroxylation sites is 3. The summed E-state index contributed by atoms with van der Waals surface area (Å²) < 4.78 is 0. The zero-order valence-corrected chi connectivity index (χ0v) is 29.7. The van der Waals surface area contributed by atoms with Crippen LogP contribution in [0.25, 0.3) is 0 Å². The predicted octanol–water partition coefficient (Wildman–Crippen LogP) is 10.4. The zero-order valence-electron chi connectivity index (χ0n) is 29.7. The number of rotatable bonds is 6. The number of benzene rings is 7. The van der Waals surface area contributed by atoms with E-state index in [4.69, 9.17) is 0 Å². The van der Waals surface area contributed by atoms with Crippen LogP contribution in [0.2, 0.25) is 0 Å². The highest BCUT2D eigenvalue weighted by Crippen LogP contribution is 2.48. The molecule has 7 aromatic rings. The minimum Gasteiger partial charge on any atom is -0.311 e. The SMILES string of the molecule is CC(C)(c1ccccc1)c1cc2c3c(c1)N(c1ccccc1)c1cccc(C(C)(C)c4ccccc4)c1B3c1ccccc1N2c1ccccc1. The Kier molecular flexibility index (Phi) is 7.29. The second-order valence-electron chi connectivity index (χ2n) is 15.0. The molecule has 51 heavy (non-hydrogen) atoms. The van der Waals surface area contributed by atoms with Gasteiger partial charge in [-0.2, -0.15) is 0 Å². The molecule has 0 amide bonds. The van der Waals surface area contributed by atoms with Crippen LogP contribution in [0, 0.1) is 0 Å². The topological polar surface area (TPSA) is 6.48 Å². The maximum absolute atomic E-state index is 2.54. The van der Waals surface area contributed by atoms with Gasteiger partial charge in [0.1, 0.15) is 0 Å². The Hall–Kier alpha value is -5.80. The van der Waals surface area contributed by atoms with E-state index < -0.39 is 0 Å². The number of anilines is 6. The molecule has 0 aromatic heterocycles. The lowest BCUT2D eigenvalue weighted by molar-refractivity contribution is 0.641. The van der Waals surface area contributed by atoms with Crippen molar-refractivity contribution in [1.29, 1.82) is 0 Å². The molecule has 0 radical (unpaired) electrons. The van der Waals surface area contributed by atoms with Gasteiger partial charge in [0.05, 0.1) is 0 Å². The van der Waals surface area contributed by atoms with Gasteiger partial charge in [-0.1, -0.05) is 155 Å². The van der Waals surface area contributed by atoms with Crippen LogP contribution in [0.1, 0.15) is 49.9 Å². The van der Waals surface area contributed by atoms with E-state index in [9.17, 15) is 0 Å². The summed E-state index contributed by atoms with van der Waals surface area (Å²) in [6, 6.07) is 64.9. The molecule has 246 valence electrons. The van der Waals surface area contributed by atoms with E-state index >= 15 is 0 Å². The van der Waals surface area contributed by atoms with Gasteiger partial charge in [0.25, 0.3) is 6.71 Å². The largest absolute Gasteiger partial charge is 0.311 e. The second-order valence-corrected chi connectivity index (χ2v) is 15.0. The first-order valence-corrected chi connectivity index (χ1v) is 18.1. The van der Waals surface area contributed by atoms with Crippen LogP contribution in [-0.4, -0.2) is 6.71 Å². The molecule has 0 atom stereocenters. The van der Waals surface area contributed by atoms with Gasteiger partial charge in [0.15, 0.2) is 0 Å². The predicted molar refractivity (Wildman–Crippen MR) is 218 cm³/mol. The minimum absolute atomic E-state index is 0.0363. The summed E-state index contributed by atoms with van der Waals surface area (Å²) in [7, 11) is 0. The van der Waals surface area contributed by atoms with E-state index in [1.807, 2.05) is 0 Å². The molecule has 2 heterocycles. The first-order chi connectivity index (χ1) is 24.9. The lowest BCUT2D eigenvalue weighted by Crippen LogP contribution is -2.63. The molecule has 0 fully saturated rings. The molecular formula is C48H41BN2. The number of fused-ring (bicyclic) bond motifs is 4. The molecule has 2 nitrogen and oxygen atoms in total. The Morgan fingerprint density at radius 3 is 1.39 bits per heavy atom. The maximum atomic E-state index is 2.54. The summed E-state index contributed by atoms with van der Waals surface area (Å²) in [6.45, 7) is 9.54. The molecule has 3 heteroatoms. The van der Waals surface area contributed by atoms with E-state index in [1.54, 1.807) is 0 Å². The fraction of sp³-hybridized carbons (Fsp3) is 0.125. The Balaban J connectivity index is 1.42. The quantitative estimate of drug-likeness (QED) is 0.164. The number of nitrogens with zero attached hydrogens (tertiary/aromatic N) is 2. The molecule has 0 bridgehead atoms. The van der Waals surface area contributed by atoms with Crippen molar-refractivity contribution in [3.63, 3.8) is 0 Å². The minimum atomic E-state index is -0.249. The molecular weight excluding hydrogens is 615 g/mol. The maximum Gasteiger partial charge on any atom is 0.252 e. The summed E-state index contributed by atoms with van der Waals surface area (Å²) in [5.41, 5.74) is 16.1. The zero-order chi connectivity index (χ0) is 34.7. The summed E-state index contributed by atoms with van der Waals surface area (Å²) >= 11 is 0.